The molecule has 0 bridgehead atoms. The van der Waals surface area contributed by atoms with Gasteiger partial charge >= 0.3 is 5.97 Å². The molecule has 0 unspecified atom stereocenters. The molecule has 4 rings (SSSR count). The molecule has 0 atom stereocenters. The van der Waals surface area contributed by atoms with Crippen LogP contribution in [0.5, 0.6) is 0 Å². The van der Waals surface area contributed by atoms with Crippen molar-refractivity contribution in [3.05, 3.63) is 89.2 Å². The number of nitrogens with zero attached hydrogens (tertiary/aromatic N) is 2. The van der Waals surface area contributed by atoms with Crippen molar-refractivity contribution < 1.29 is 9.53 Å². The van der Waals surface area contributed by atoms with Crippen molar-refractivity contribution in [2.45, 2.75) is 32.7 Å². The zero-order chi connectivity index (χ0) is 20.1. The summed E-state index contributed by atoms with van der Waals surface area (Å²) in [5.41, 5.74) is 9.00. The average molecular weight is 387 g/mol. The number of aromatic nitrogens is 1. The van der Waals surface area contributed by atoms with Crippen LogP contribution in [0.3, 0.4) is 0 Å². The second-order valence-corrected chi connectivity index (χ2v) is 7.09. The zero-order valence-electron chi connectivity index (χ0n) is 16.6. The number of para-hydroxylation sites is 1. The third kappa shape index (κ3) is 4.24. The molecule has 3 aromatic rings. The lowest BCUT2D eigenvalue weighted by atomic mass is 9.96. The molecule has 148 valence electrons. The van der Waals surface area contributed by atoms with E-state index in [1.807, 2.05) is 61.5 Å². The van der Waals surface area contributed by atoms with Gasteiger partial charge in [0.1, 0.15) is 5.69 Å². The van der Waals surface area contributed by atoms with Gasteiger partial charge in [0, 0.05) is 6.54 Å². The lowest BCUT2D eigenvalue weighted by Crippen LogP contribution is -2.21. The molecule has 0 aliphatic heterocycles. The molecule has 0 fully saturated rings. The summed E-state index contributed by atoms with van der Waals surface area (Å²) in [6.45, 7) is 2.80. The molecule has 1 heterocycles. The molecular weight excluding hydrogens is 362 g/mol. The second kappa shape index (κ2) is 8.78. The summed E-state index contributed by atoms with van der Waals surface area (Å²) in [6.07, 6.45) is 2.82. The lowest BCUT2D eigenvalue weighted by molar-refractivity contribution is 0.0514. The summed E-state index contributed by atoms with van der Waals surface area (Å²) in [7, 11) is 0. The summed E-state index contributed by atoms with van der Waals surface area (Å²) in [5.74, 6) is -0.284. The highest BCUT2D eigenvalue weighted by molar-refractivity contribution is 6.03. The Morgan fingerprint density at radius 1 is 1.07 bits per heavy atom. The van der Waals surface area contributed by atoms with Gasteiger partial charge in [-0.15, -0.1) is 0 Å². The predicted octanol–water partition coefficient (Wildman–Crippen LogP) is 4.87. The minimum absolute atomic E-state index is 0.284. The number of benzene rings is 2. The number of hydrazone groups is 1. The summed E-state index contributed by atoms with van der Waals surface area (Å²) >= 11 is 0. The third-order valence-electron chi connectivity index (χ3n) is 5.07. The molecule has 5 nitrogen and oxygen atoms in total. The lowest BCUT2D eigenvalue weighted by Gasteiger charge is -2.19. The van der Waals surface area contributed by atoms with Crippen molar-refractivity contribution in [1.29, 1.82) is 0 Å². The van der Waals surface area contributed by atoms with Gasteiger partial charge in [-0.25, -0.2) is 4.79 Å². The Bertz CT molecular complexity index is 1010. The molecular formula is C24H25N3O2. The largest absolute Gasteiger partial charge is 0.461 e. The van der Waals surface area contributed by atoms with E-state index in [1.54, 1.807) is 0 Å². The fourth-order valence-corrected chi connectivity index (χ4v) is 3.76. The number of fused-ring (bicyclic) bond motifs is 1. The number of nitrogens with one attached hydrogen (secondary N) is 1. The van der Waals surface area contributed by atoms with Crippen molar-refractivity contribution in [3.8, 4) is 0 Å². The Balaban J connectivity index is 1.75. The summed E-state index contributed by atoms with van der Waals surface area (Å²) in [6, 6.07) is 22.1. The molecule has 5 heteroatoms. The molecule has 1 aromatic heterocycles. The van der Waals surface area contributed by atoms with Gasteiger partial charge in [0.25, 0.3) is 0 Å². The van der Waals surface area contributed by atoms with Crippen LogP contribution in [0, 0.1) is 0 Å². The molecule has 0 saturated carbocycles. The number of rotatable bonds is 6. The van der Waals surface area contributed by atoms with E-state index in [2.05, 4.69) is 22.1 Å². The first kappa shape index (κ1) is 19.0. The van der Waals surface area contributed by atoms with Crippen LogP contribution in [0.1, 0.15) is 47.1 Å². The van der Waals surface area contributed by atoms with E-state index in [9.17, 15) is 4.79 Å². The number of carbonyl (C=O) groups is 1. The maximum absolute atomic E-state index is 12.7. The number of esters is 1. The number of aryl methyl sites for hydroxylation is 1. The quantitative estimate of drug-likeness (QED) is 0.485. The highest BCUT2D eigenvalue weighted by Crippen LogP contribution is 2.27. The van der Waals surface area contributed by atoms with E-state index >= 15 is 0 Å². The van der Waals surface area contributed by atoms with Crippen molar-refractivity contribution in [1.82, 2.24) is 4.57 Å². The van der Waals surface area contributed by atoms with E-state index in [-0.39, 0.29) is 5.97 Å². The number of ether oxygens (including phenoxy) is 1. The van der Waals surface area contributed by atoms with Crippen molar-refractivity contribution >= 4 is 17.4 Å². The molecule has 1 aliphatic carbocycles. The number of hydrogen-bond acceptors (Lipinski definition) is 4. The van der Waals surface area contributed by atoms with Gasteiger partial charge in [0.15, 0.2) is 0 Å². The van der Waals surface area contributed by atoms with Gasteiger partial charge < -0.3 is 9.30 Å². The van der Waals surface area contributed by atoms with Crippen LogP contribution in [0.4, 0.5) is 5.69 Å². The predicted molar refractivity (Wildman–Crippen MR) is 115 cm³/mol. The molecule has 0 amide bonds. The molecule has 1 aliphatic rings. The van der Waals surface area contributed by atoms with Crippen LogP contribution in [-0.4, -0.2) is 22.9 Å². The van der Waals surface area contributed by atoms with Gasteiger partial charge in [-0.05, 0) is 55.5 Å². The minimum Gasteiger partial charge on any atom is -0.461 e. The SMILES string of the molecule is CCOC(=O)c1cc2c(n1Cc1ccccc1)/C(=N/Nc1ccccc1)CCC2. The van der Waals surface area contributed by atoms with Gasteiger partial charge in [-0.3, -0.25) is 5.43 Å². The minimum atomic E-state index is -0.284. The third-order valence-corrected chi connectivity index (χ3v) is 5.07. The zero-order valence-corrected chi connectivity index (χ0v) is 16.6. The maximum atomic E-state index is 12.7. The first-order valence-corrected chi connectivity index (χ1v) is 10.1. The smallest absolute Gasteiger partial charge is 0.354 e. The molecule has 2 aromatic carbocycles. The average Bonchev–Trinajstić information content (AvgIpc) is 3.13. The van der Waals surface area contributed by atoms with Gasteiger partial charge in [-0.1, -0.05) is 48.5 Å². The monoisotopic (exact) mass is 387 g/mol. The fourth-order valence-electron chi connectivity index (χ4n) is 3.76. The molecule has 0 radical (unpaired) electrons. The number of anilines is 1. The van der Waals surface area contributed by atoms with E-state index in [1.165, 1.54) is 0 Å². The summed E-state index contributed by atoms with van der Waals surface area (Å²) in [4.78, 5) is 12.7. The van der Waals surface area contributed by atoms with E-state index in [0.29, 0.717) is 18.8 Å². The van der Waals surface area contributed by atoms with Crippen molar-refractivity contribution in [3.63, 3.8) is 0 Å². The van der Waals surface area contributed by atoms with Crippen LogP contribution in [0.25, 0.3) is 0 Å². The Morgan fingerprint density at radius 2 is 1.79 bits per heavy atom. The Kier molecular flexibility index (Phi) is 5.75. The van der Waals surface area contributed by atoms with Crippen LogP contribution in [-0.2, 0) is 17.7 Å². The first-order valence-electron chi connectivity index (χ1n) is 10.1. The Morgan fingerprint density at radius 3 is 2.52 bits per heavy atom. The topological polar surface area (TPSA) is 55.6 Å². The summed E-state index contributed by atoms with van der Waals surface area (Å²) in [5, 5.41) is 4.71. The van der Waals surface area contributed by atoms with Crippen molar-refractivity contribution in [2.24, 2.45) is 5.10 Å². The Hall–Kier alpha value is -3.34. The van der Waals surface area contributed by atoms with Crippen LogP contribution < -0.4 is 5.43 Å². The molecule has 0 saturated heterocycles. The number of carbonyl (C=O) groups excluding carboxylic acids is 1. The molecule has 1 N–H and O–H groups in total. The van der Waals surface area contributed by atoms with Gasteiger partial charge in [-0.2, -0.15) is 5.10 Å². The van der Waals surface area contributed by atoms with Crippen molar-refractivity contribution in [2.75, 3.05) is 12.0 Å². The normalized spacial score (nSPS) is 14.4. The first-order chi connectivity index (χ1) is 14.3. The highest BCUT2D eigenvalue weighted by Gasteiger charge is 2.26. The molecule has 0 spiro atoms. The number of hydrogen-bond donors (Lipinski definition) is 1. The van der Waals surface area contributed by atoms with Crippen LogP contribution >= 0.6 is 0 Å². The maximum Gasteiger partial charge on any atom is 0.354 e. The van der Waals surface area contributed by atoms with Gasteiger partial charge in [0.2, 0.25) is 0 Å². The highest BCUT2D eigenvalue weighted by atomic mass is 16.5. The standard InChI is InChI=1S/C24H25N3O2/c1-2-29-24(28)22-16-19-12-9-15-21(26-25-20-13-7-4-8-14-20)23(19)27(22)17-18-10-5-3-6-11-18/h3-8,10-11,13-14,16,25H,2,9,12,15,17H2,1H3/b26-21+. The fraction of sp³-hybridized carbons (Fsp3) is 0.250. The Labute approximate surface area is 171 Å². The van der Waals surface area contributed by atoms with E-state index in [4.69, 9.17) is 9.84 Å². The second-order valence-electron chi connectivity index (χ2n) is 7.09. The summed E-state index contributed by atoms with van der Waals surface area (Å²) < 4.78 is 7.40. The van der Waals surface area contributed by atoms with E-state index < -0.39 is 0 Å². The van der Waals surface area contributed by atoms with Gasteiger partial charge in [0.05, 0.1) is 23.7 Å². The van der Waals surface area contributed by atoms with Crippen LogP contribution in [0.2, 0.25) is 0 Å². The van der Waals surface area contributed by atoms with E-state index in [0.717, 1.165) is 47.5 Å². The van der Waals surface area contributed by atoms with Crippen LogP contribution in [0.15, 0.2) is 71.8 Å². The molecule has 29 heavy (non-hydrogen) atoms.